The molecule has 1 aliphatic heterocycles. The number of anilines is 1. The maximum Gasteiger partial charge on any atom is 0.260 e. The number of pyridine rings is 1. The Morgan fingerprint density at radius 3 is 2.76 bits per heavy atom. The van der Waals surface area contributed by atoms with Crippen LogP contribution in [0.15, 0.2) is 47.8 Å². The number of nitrogens with zero attached hydrogens (tertiary/aromatic N) is 5. The molecule has 0 aliphatic carbocycles. The minimum Gasteiger partial charge on any atom is -0.379 e. The fourth-order valence-electron chi connectivity index (χ4n) is 4.15. The second-order valence-electron chi connectivity index (χ2n) is 8.02. The first-order valence-electron chi connectivity index (χ1n) is 10.9. The van der Waals surface area contributed by atoms with Crippen LogP contribution in [0.2, 0.25) is 5.02 Å². The van der Waals surface area contributed by atoms with Gasteiger partial charge in [-0.15, -0.1) is 0 Å². The highest BCUT2D eigenvalue weighted by molar-refractivity contribution is 6.33. The van der Waals surface area contributed by atoms with E-state index in [0.29, 0.717) is 40.9 Å². The van der Waals surface area contributed by atoms with Gasteiger partial charge in [0.15, 0.2) is 0 Å². The third kappa shape index (κ3) is 4.07. The number of fused-ring (bicyclic) bond motifs is 1. The molecule has 33 heavy (non-hydrogen) atoms. The van der Waals surface area contributed by atoms with E-state index in [1.807, 2.05) is 32.0 Å². The van der Waals surface area contributed by atoms with Gasteiger partial charge in [0, 0.05) is 58.8 Å². The number of nitrogens with one attached hydrogen (secondary N) is 1. The van der Waals surface area contributed by atoms with Crippen LogP contribution in [0, 0.1) is 6.92 Å². The number of hydrogen-bond donors (Lipinski definition) is 1. The lowest BCUT2D eigenvalue weighted by molar-refractivity contribution is 0.195. The molecule has 0 radical (unpaired) electrons. The van der Waals surface area contributed by atoms with Crippen LogP contribution in [-0.2, 0) is 11.3 Å². The Hall–Kier alpha value is -3.36. The van der Waals surface area contributed by atoms with Crippen molar-refractivity contribution < 1.29 is 4.74 Å². The third-order valence-electron chi connectivity index (χ3n) is 5.85. The van der Waals surface area contributed by atoms with E-state index in [1.54, 1.807) is 29.4 Å². The lowest BCUT2D eigenvalue weighted by Crippen LogP contribution is -2.24. The first-order chi connectivity index (χ1) is 16.0. The summed E-state index contributed by atoms with van der Waals surface area (Å²) in [5.41, 5.74) is 4.18. The van der Waals surface area contributed by atoms with Crippen molar-refractivity contribution in [2.45, 2.75) is 32.9 Å². The topological polar surface area (TPSA) is 94.8 Å². The summed E-state index contributed by atoms with van der Waals surface area (Å²) in [5, 5.41) is 4.54. The summed E-state index contributed by atoms with van der Waals surface area (Å²) in [7, 11) is 0. The Bertz CT molecular complexity index is 1380. The molecule has 5 rings (SSSR count). The first-order valence-corrected chi connectivity index (χ1v) is 11.2. The van der Waals surface area contributed by atoms with Crippen LogP contribution in [0.5, 0.6) is 0 Å². The van der Waals surface area contributed by atoms with Crippen LogP contribution < -0.4 is 10.9 Å². The highest BCUT2D eigenvalue weighted by atomic mass is 35.5. The minimum absolute atomic E-state index is 0.146. The van der Waals surface area contributed by atoms with E-state index in [4.69, 9.17) is 16.3 Å². The quantitative estimate of drug-likeness (QED) is 0.477. The monoisotopic (exact) mass is 462 g/mol. The number of benzene rings is 1. The fraction of sp³-hybridized carbons (Fsp3) is 0.292. The van der Waals surface area contributed by atoms with Gasteiger partial charge in [-0.2, -0.15) is 4.98 Å². The summed E-state index contributed by atoms with van der Waals surface area (Å²) in [6.07, 6.45) is 7.61. The van der Waals surface area contributed by atoms with Gasteiger partial charge in [0.2, 0.25) is 5.95 Å². The zero-order chi connectivity index (χ0) is 22.9. The van der Waals surface area contributed by atoms with Gasteiger partial charge >= 0.3 is 0 Å². The number of rotatable bonds is 5. The van der Waals surface area contributed by atoms with E-state index in [1.165, 1.54) is 0 Å². The second-order valence-corrected chi connectivity index (χ2v) is 8.43. The predicted octanol–water partition coefficient (Wildman–Crippen LogP) is 4.10. The summed E-state index contributed by atoms with van der Waals surface area (Å²) in [6.45, 7) is 5.72. The molecule has 1 atom stereocenters. The normalized spacial score (nSPS) is 15.8. The molecule has 0 unspecified atom stereocenters. The SMILES string of the molecule is CCn1c(=O)c(-c2cc(C)c(-c3cnccn3)cc2Cl)cc2cnc(N[C@H]3CCOC3)nc21. The summed E-state index contributed by atoms with van der Waals surface area (Å²) in [4.78, 5) is 31.1. The Morgan fingerprint density at radius 2 is 2.03 bits per heavy atom. The summed E-state index contributed by atoms with van der Waals surface area (Å²) in [5.74, 6) is 0.495. The molecule has 0 amide bonds. The van der Waals surface area contributed by atoms with Crippen molar-refractivity contribution in [3.63, 3.8) is 0 Å². The molecule has 9 heteroatoms. The molecule has 1 N–H and O–H groups in total. The highest BCUT2D eigenvalue weighted by Gasteiger charge is 2.19. The van der Waals surface area contributed by atoms with E-state index in [9.17, 15) is 4.79 Å². The molecule has 1 saturated heterocycles. The van der Waals surface area contributed by atoms with Crippen molar-refractivity contribution >= 4 is 28.6 Å². The number of aromatic nitrogens is 5. The molecular weight excluding hydrogens is 440 g/mol. The maximum atomic E-state index is 13.5. The van der Waals surface area contributed by atoms with E-state index in [2.05, 4.69) is 25.3 Å². The molecule has 0 saturated carbocycles. The molecule has 0 bridgehead atoms. The van der Waals surface area contributed by atoms with E-state index in [-0.39, 0.29) is 11.6 Å². The Morgan fingerprint density at radius 1 is 1.15 bits per heavy atom. The second kappa shape index (κ2) is 8.88. The Kier molecular flexibility index (Phi) is 5.78. The molecule has 8 nitrogen and oxygen atoms in total. The Labute approximate surface area is 195 Å². The molecule has 4 heterocycles. The van der Waals surface area contributed by atoms with E-state index < -0.39 is 0 Å². The van der Waals surface area contributed by atoms with Gasteiger partial charge in [0.25, 0.3) is 5.56 Å². The number of aryl methyl sites for hydroxylation is 2. The van der Waals surface area contributed by atoms with Crippen LogP contribution in [0.1, 0.15) is 18.9 Å². The van der Waals surface area contributed by atoms with Crippen molar-refractivity contribution in [2.75, 3.05) is 18.5 Å². The van der Waals surface area contributed by atoms with Crippen LogP contribution in [0.4, 0.5) is 5.95 Å². The summed E-state index contributed by atoms with van der Waals surface area (Å²) < 4.78 is 7.07. The van der Waals surface area contributed by atoms with Gasteiger partial charge in [-0.05, 0) is 44.0 Å². The van der Waals surface area contributed by atoms with E-state index in [0.717, 1.165) is 35.2 Å². The van der Waals surface area contributed by atoms with Crippen LogP contribution in [0.25, 0.3) is 33.4 Å². The average Bonchev–Trinajstić information content (AvgIpc) is 3.34. The van der Waals surface area contributed by atoms with E-state index >= 15 is 0 Å². The average molecular weight is 463 g/mol. The molecule has 4 aromatic rings. The van der Waals surface area contributed by atoms with Crippen LogP contribution in [0.3, 0.4) is 0 Å². The Balaban J connectivity index is 1.60. The van der Waals surface area contributed by atoms with Gasteiger partial charge < -0.3 is 10.1 Å². The molecular formula is C24H23ClN6O2. The van der Waals surface area contributed by atoms with Crippen molar-refractivity contribution in [1.29, 1.82) is 0 Å². The van der Waals surface area contributed by atoms with Crippen LogP contribution in [-0.4, -0.2) is 43.8 Å². The lowest BCUT2D eigenvalue weighted by atomic mass is 9.98. The zero-order valence-corrected chi connectivity index (χ0v) is 19.1. The molecule has 1 aliphatic rings. The molecule has 0 spiro atoms. The predicted molar refractivity (Wildman–Crippen MR) is 129 cm³/mol. The summed E-state index contributed by atoms with van der Waals surface area (Å²) >= 11 is 6.68. The number of halogens is 1. The maximum absolute atomic E-state index is 13.5. The molecule has 1 aromatic carbocycles. The lowest BCUT2D eigenvalue weighted by Gasteiger charge is -2.15. The van der Waals surface area contributed by atoms with Crippen molar-refractivity contribution in [2.24, 2.45) is 0 Å². The number of ether oxygens (including phenoxy) is 1. The molecule has 3 aromatic heterocycles. The van der Waals surface area contributed by atoms with Crippen molar-refractivity contribution in [1.82, 2.24) is 24.5 Å². The molecule has 1 fully saturated rings. The van der Waals surface area contributed by atoms with Crippen molar-refractivity contribution in [3.8, 4) is 22.4 Å². The third-order valence-corrected chi connectivity index (χ3v) is 6.16. The van der Waals surface area contributed by atoms with Gasteiger partial charge in [0.05, 0.1) is 24.5 Å². The van der Waals surface area contributed by atoms with Gasteiger partial charge in [0.1, 0.15) is 5.65 Å². The van der Waals surface area contributed by atoms with Gasteiger partial charge in [-0.1, -0.05) is 11.6 Å². The first kappa shape index (κ1) is 21.5. The smallest absolute Gasteiger partial charge is 0.260 e. The van der Waals surface area contributed by atoms with Crippen LogP contribution >= 0.6 is 11.6 Å². The minimum atomic E-state index is -0.146. The fourth-order valence-corrected chi connectivity index (χ4v) is 4.41. The van der Waals surface area contributed by atoms with Crippen molar-refractivity contribution in [3.05, 3.63) is 63.9 Å². The zero-order valence-electron chi connectivity index (χ0n) is 18.4. The summed E-state index contributed by atoms with van der Waals surface area (Å²) in [6, 6.07) is 5.75. The number of hydrogen-bond acceptors (Lipinski definition) is 7. The van der Waals surface area contributed by atoms with Gasteiger partial charge in [-0.3, -0.25) is 19.3 Å². The largest absolute Gasteiger partial charge is 0.379 e. The molecule has 168 valence electrons. The van der Waals surface area contributed by atoms with Gasteiger partial charge in [-0.25, -0.2) is 4.98 Å². The standard InChI is InChI=1S/C24H23ClN6O2/c1-3-31-22-15(11-28-24(30-22)29-16-4-7-33-13-16)9-19(23(31)32)18-8-14(2)17(10-20(18)25)21-12-26-5-6-27-21/h5-6,8-12,16H,3-4,7,13H2,1-2H3,(H,28,29,30)/t16-/m0/s1. The highest BCUT2D eigenvalue weighted by Crippen LogP contribution is 2.34.